The van der Waals surface area contributed by atoms with Crippen LogP contribution in [0.4, 0.5) is 5.69 Å². The number of carbonyl (C=O) groups is 1. The summed E-state index contributed by atoms with van der Waals surface area (Å²) in [5.74, 6) is -0.461. The number of non-ortho nitro benzene ring substituents is 1. The molecule has 0 aliphatic rings. The molecule has 0 atom stereocenters. The predicted octanol–water partition coefficient (Wildman–Crippen LogP) is 3.88. The van der Waals surface area contributed by atoms with E-state index in [4.69, 9.17) is 0 Å². The van der Waals surface area contributed by atoms with Crippen molar-refractivity contribution in [1.29, 1.82) is 0 Å². The highest BCUT2D eigenvalue weighted by molar-refractivity contribution is 7.89. The van der Waals surface area contributed by atoms with Crippen LogP contribution in [0, 0.1) is 17.0 Å². The van der Waals surface area contributed by atoms with E-state index in [0.717, 1.165) is 5.56 Å². The summed E-state index contributed by atoms with van der Waals surface area (Å²) >= 11 is 0. The Morgan fingerprint density at radius 2 is 1.68 bits per heavy atom. The quantitative estimate of drug-likeness (QED) is 0.298. The van der Waals surface area contributed by atoms with Gasteiger partial charge in [0.2, 0.25) is 10.0 Å². The van der Waals surface area contributed by atoms with Gasteiger partial charge in [0.15, 0.2) is 0 Å². The second-order valence-electron chi connectivity index (χ2n) is 7.72. The first-order valence-electron chi connectivity index (χ1n) is 10.3. The summed E-state index contributed by atoms with van der Waals surface area (Å²) in [6.45, 7) is 3.66. The van der Waals surface area contributed by atoms with Crippen molar-refractivity contribution in [3.05, 3.63) is 105 Å². The summed E-state index contributed by atoms with van der Waals surface area (Å²) in [5.41, 5.74) is 5.32. The van der Waals surface area contributed by atoms with Crippen LogP contribution in [-0.2, 0) is 16.6 Å². The Bertz CT molecular complexity index is 1330. The molecule has 0 saturated carbocycles. The largest absolute Gasteiger partial charge is 0.271 e. The number of rotatable bonds is 8. The first-order chi connectivity index (χ1) is 16.1. The minimum atomic E-state index is -3.64. The van der Waals surface area contributed by atoms with E-state index < -0.39 is 20.9 Å². The second-order valence-corrected chi connectivity index (χ2v) is 9.76. The third kappa shape index (κ3) is 5.91. The van der Waals surface area contributed by atoms with E-state index in [1.165, 1.54) is 23.5 Å². The fourth-order valence-corrected chi connectivity index (χ4v) is 4.26. The number of amides is 1. The second kappa shape index (κ2) is 10.4. The molecule has 1 N–H and O–H groups in total. The van der Waals surface area contributed by atoms with Crippen LogP contribution >= 0.6 is 0 Å². The molecule has 0 unspecified atom stereocenters. The first kappa shape index (κ1) is 24.7. The molecular formula is C24H24N4O5S. The number of benzene rings is 3. The summed E-state index contributed by atoms with van der Waals surface area (Å²) in [4.78, 5) is 23.1. The molecule has 34 heavy (non-hydrogen) atoms. The van der Waals surface area contributed by atoms with Gasteiger partial charge >= 0.3 is 0 Å². The molecule has 0 saturated heterocycles. The van der Waals surface area contributed by atoms with Crippen LogP contribution in [0.5, 0.6) is 0 Å². The van der Waals surface area contributed by atoms with Crippen molar-refractivity contribution < 1.29 is 18.1 Å². The smallest absolute Gasteiger partial charge is 0.267 e. The summed E-state index contributed by atoms with van der Waals surface area (Å²) in [7, 11) is -2.14. The lowest BCUT2D eigenvalue weighted by Crippen LogP contribution is -2.26. The summed E-state index contributed by atoms with van der Waals surface area (Å²) in [6, 6.07) is 19.1. The molecular weight excluding hydrogens is 456 g/mol. The van der Waals surface area contributed by atoms with Crippen molar-refractivity contribution in [3.8, 4) is 0 Å². The predicted molar refractivity (Wildman–Crippen MR) is 129 cm³/mol. The molecule has 10 heteroatoms. The third-order valence-corrected chi connectivity index (χ3v) is 6.97. The number of carbonyl (C=O) groups excluding carboxylic acids is 1. The lowest BCUT2D eigenvalue weighted by molar-refractivity contribution is -0.384. The Kier molecular flexibility index (Phi) is 7.54. The molecule has 0 fully saturated rings. The van der Waals surface area contributed by atoms with Gasteiger partial charge in [-0.25, -0.2) is 13.8 Å². The molecule has 0 heterocycles. The normalized spacial score (nSPS) is 11.9. The highest BCUT2D eigenvalue weighted by Gasteiger charge is 2.20. The van der Waals surface area contributed by atoms with Crippen LogP contribution in [0.1, 0.15) is 34.0 Å². The highest BCUT2D eigenvalue weighted by Crippen LogP contribution is 2.18. The maximum absolute atomic E-state index is 12.8. The number of nitrogens with one attached hydrogen (secondary N) is 1. The fraction of sp³-hybridized carbons (Fsp3) is 0.167. The minimum absolute atomic E-state index is 0.0664. The molecule has 3 rings (SSSR count). The number of hydrazone groups is 1. The van der Waals surface area contributed by atoms with Gasteiger partial charge < -0.3 is 0 Å². The van der Waals surface area contributed by atoms with Crippen LogP contribution < -0.4 is 5.43 Å². The number of nitrogens with zero attached hydrogens (tertiary/aromatic N) is 3. The maximum Gasteiger partial charge on any atom is 0.271 e. The van der Waals surface area contributed by atoms with Gasteiger partial charge in [0.05, 0.1) is 15.5 Å². The summed E-state index contributed by atoms with van der Waals surface area (Å²) in [6.07, 6.45) is 0. The molecule has 0 bridgehead atoms. The van der Waals surface area contributed by atoms with E-state index in [2.05, 4.69) is 10.5 Å². The van der Waals surface area contributed by atoms with E-state index in [-0.39, 0.29) is 17.1 Å². The number of nitro benzene ring substituents is 1. The van der Waals surface area contributed by atoms with Crippen molar-refractivity contribution in [2.45, 2.75) is 25.3 Å². The topological polar surface area (TPSA) is 122 Å². The van der Waals surface area contributed by atoms with Crippen LogP contribution in [0.3, 0.4) is 0 Å². The monoisotopic (exact) mass is 480 g/mol. The van der Waals surface area contributed by atoms with Gasteiger partial charge in [-0.3, -0.25) is 14.9 Å². The molecule has 0 aromatic heterocycles. The van der Waals surface area contributed by atoms with Gasteiger partial charge in [-0.05, 0) is 43.7 Å². The van der Waals surface area contributed by atoms with E-state index in [1.54, 1.807) is 67.6 Å². The van der Waals surface area contributed by atoms with Crippen LogP contribution in [-0.4, -0.2) is 36.3 Å². The lowest BCUT2D eigenvalue weighted by atomic mass is 10.1. The van der Waals surface area contributed by atoms with E-state index in [0.29, 0.717) is 22.4 Å². The molecule has 3 aromatic rings. The molecule has 0 aliphatic carbocycles. The molecule has 3 aromatic carbocycles. The minimum Gasteiger partial charge on any atom is -0.267 e. The van der Waals surface area contributed by atoms with Crippen LogP contribution in [0.2, 0.25) is 0 Å². The van der Waals surface area contributed by atoms with Gasteiger partial charge in [0.1, 0.15) is 0 Å². The fourth-order valence-electron chi connectivity index (χ4n) is 3.10. The Labute approximate surface area is 197 Å². The molecule has 0 aliphatic heterocycles. The molecule has 176 valence electrons. The Morgan fingerprint density at radius 3 is 2.29 bits per heavy atom. The number of aryl methyl sites for hydroxylation is 1. The third-order valence-electron chi connectivity index (χ3n) is 5.15. The zero-order valence-corrected chi connectivity index (χ0v) is 19.7. The van der Waals surface area contributed by atoms with E-state index in [1.807, 2.05) is 6.92 Å². The van der Waals surface area contributed by atoms with Gasteiger partial charge in [0.25, 0.3) is 11.6 Å². The average molecular weight is 481 g/mol. The van der Waals surface area contributed by atoms with E-state index in [9.17, 15) is 23.3 Å². The van der Waals surface area contributed by atoms with Crippen LogP contribution in [0.25, 0.3) is 0 Å². The SMILES string of the molecule is CC(=NNC(=O)c1ccc(CN(C)S(=O)(=O)c2ccc(C)cc2)cc1)c1cccc([N+](=O)[O-])c1. The number of hydrogen-bond donors (Lipinski definition) is 1. The van der Waals surface area contributed by atoms with Crippen molar-refractivity contribution in [2.75, 3.05) is 7.05 Å². The molecule has 0 spiro atoms. The molecule has 9 nitrogen and oxygen atoms in total. The van der Waals surface area contributed by atoms with Crippen LogP contribution in [0.15, 0.2) is 82.8 Å². The van der Waals surface area contributed by atoms with Gasteiger partial charge in [-0.2, -0.15) is 9.41 Å². The Morgan fingerprint density at radius 1 is 1.03 bits per heavy atom. The van der Waals surface area contributed by atoms with Gasteiger partial charge in [0, 0.05) is 36.9 Å². The maximum atomic E-state index is 12.8. The van der Waals surface area contributed by atoms with Crippen molar-refractivity contribution >= 4 is 27.3 Å². The van der Waals surface area contributed by atoms with Gasteiger partial charge in [-0.1, -0.05) is 42.0 Å². The molecule has 0 radical (unpaired) electrons. The zero-order chi connectivity index (χ0) is 24.9. The lowest BCUT2D eigenvalue weighted by Gasteiger charge is -2.17. The average Bonchev–Trinajstić information content (AvgIpc) is 2.83. The Hall–Kier alpha value is -3.89. The summed E-state index contributed by atoms with van der Waals surface area (Å²) < 4.78 is 26.8. The van der Waals surface area contributed by atoms with Gasteiger partial charge in [-0.15, -0.1) is 0 Å². The van der Waals surface area contributed by atoms with E-state index >= 15 is 0 Å². The van der Waals surface area contributed by atoms with Crippen molar-refractivity contribution in [1.82, 2.24) is 9.73 Å². The Balaban J connectivity index is 1.65. The standard InChI is InChI=1S/C24H24N4O5S/c1-17-7-13-23(14-8-17)34(32,33)27(3)16-19-9-11-20(12-10-19)24(29)26-25-18(2)21-5-4-6-22(15-21)28(30)31/h4-15H,16H2,1-3H3,(H,26,29). The molecule has 1 amide bonds. The zero-order valence-electron chi connectivity index (χ0n) is 18.9. The summed E-state index contributed by atoms with van der Waals surface area (Å²) in [5, 5.41) is 14.9. The van der Waals surface area contributed by atoms with Crippen molar-refractivity contribution in [3.63, 3.8) is 0 Å². The number of nitro groups is 1. The number of hydrogen-bond acceptors (Lipinski definition) is 6. The number of sulfonamides is 1. The van der Waals surface area contributed by atoms with Crippen molar-refractivity contribution in [2.24, 2.45) is 5.10 Å². The first-order valence-corrected chi connectivity index (χ1v) is 11.7. The highest BCUT2D eigenvalue weighted by atomic mass is 32.2.